The standard InChI is InChI=1S/C9H18N2.ClH/c1-3-4-6-11-7-5-10-9(2)8-11;/h3-4,9-10H,5-8H2,1-2H3;1H. The molecule has 0 radical (unpaired) electrons. The van der Waals surface area contributed by atoms with Gasteiger partial charge in [0.05, 0.1) is 0 Å². The van der Waals surface area contributed by atoms with Crippen LogP contribution in [0.25, 0.3) is 0 Å². The van der Waals surface area contributed by atoms with Crippen LogP contribution in [0.2, 0.25) is 0 Å². The largest absolute Gasteiger partial charge is 0.312 e. The van der Waals surface area contributed by atoms with Gasteiger partial charge >= 0.3 is 0 Å². The summed E-state index contributed by atoms with van der Waals surface area (Å²) in [6.07, 6.45) is 4.34. The molecule has 12 heavy (non-hydrogen) atoms. The van der Waals surface area contributed by atoms with E-state index in [0.29, 0.717) is 6.04 Å². The molecule has 1 atom stereocenters. The third-order valence-corrected chi connectivity index (χ3v) is 2.05. The average molecular weight is 191 g/mol. The molecule has 1 N–H and O–H groups in total. The van der Waals surface area contributed by atoms with E-state index in [1.165, 1.54) is 13.1 Å². The van der Waals surface area contributed by atoms with E-state index in [1.807, 2.05) is 0 Å². The van der Waals surface area contributed by atoms with Gasteiger partial charge in [-0.15, -0.1) is 12.4 Å². The maximum absolute atomic E-state index is 3.42. The second-order valence-electron chi connectivity index (χ2n) is 3.18. The Labute approximate surface area is 81.4 Å². The molecule has 3 heteroatoms. The van der Waals surface area contributed by atoms with E-state index in [2.05, 4.69) is 36.2 Å². The number of rotatable bonds is 2. The number of nitrogens with one attached hydrogen (secondary N) is 1. The summed E-state index contributed by atoms with van der Waals surface area (Å²) < 4.78 is 0. The summed E-state index contributed by atoms with van der Waals surface area (Å²) in [5, 5.41) is 3.42. The first-order chi connectivity index (χ1) is 5.33. The van der Waals surface area contributed by atoms with Gasteiger partial charge in [0, 0.05) is 32.2 Å². The Morgan fingerprint density at radius 2 is 2.33 bits per heavy atom. The second kappa shape index (κ2) is 6.46. The second-order valence-corrected chi connectivity index (χ2v) is 3.18. The van der Waals surface area contributed by atoms with Crippen LogP contribution in [0.4, 0.5) is 0 Å². The highest BCUT2D eigenvalue weighted by Gasteiger charge is 2.13. The van der Waals surface area contributed by atoms with Crippen molar-refractivity contribution in [3.8, 4) is 0 Å². The van der Waals surface area contributed by atoms with Crippen molar-refractivity contribution in [1.29, 1.82) is 0 Å². The number of allylic oxidation sites excluding steroid dienone is 1. The highest BCUT2D eigenvalue weighted by Crippen LogP contribution is 1.97. The minimum atomic E-state index is 0. The van der Waals surface area contributed by atoms with Gasteiger partial charge in [0.25, 0.3) is 0 Å². The van der Waals surface area contributed by atoms with Crippen LogP contribution in [0.1, 0.15) is 13.8 Å². The molecule has 0 spiro atoms. The molecule has 0 aromatic heterocycles. The molecule has 1 rings (SSSR count). The zero-order valence-corrected chi connectivity index (χ0v) is 8.73. The molecule has 1 heterocycles. The summed E-state index contributed by atoms with van der Waals surface area (Å²) in [4.78, 5) is 2.47. The molecule has 1 saturated heterocycles. The summed E-state index contributed by atoms with van der Waals surface area (Å²) in [6.45, 7) is 8.94. The summed E-state index contributed by atoms with van der Waals surface area (Å²) in [5.74, 6) is 0. The minimum Gasteiger partial charge on any atom is -0.312 e. The van der Waals surface area contributed by atoms with Crippen LogP contribution >= 0.6 is 12.4 Å². The van der Waals surface area contributed by atoms with Crippen molar-refractivity contribution in [2.45, 2.75) is 19.9 Å². The van der Waals surface area contributed by atoms with Gasteiger partial charge in [0.1, 0.15) is 0 Å². The van der Waals surface area contributed by atoms with Crippen molar-refractivity contribution in [2.75, 3.05) is 26.2 Å². The lowest BCUT2D eigenvalue weighted by atomic mass is 10.2. The lowest BCUT2D eigenvalue weighted by Crippen LogP contribution is -2.49. The van der Waals surface area contributed by atoms with Gasteiger partial charge in [0.2, 0.25) is 0 Å². The van der Waals surface area contributed by atoms with E-state index in [0.717, 1.165) is 13.1 Å². The van der Waals surface area contributed by atoms with E-state index in [-0.39, 0.29) is 12.4 Å². The fraction of sp³-hybridized carbons (Fsp3) is 0.778. The lowest BCUT2D eigenvalue weighted by molar-refractivity contribution is 0.226. The molecule has 0 aromatic rings. The van der Waals surface area contributed by atoms with E-state index < -0.39 is 0 Å². The van der Waals surface area contributed by atoms with E-state index in [9.17, 15) is 0 Å². The van der Waals surface area contributed by atoms with Gasteiger partial charge in [-0.2, -0.15) is 0 Å². The van der Waals surface area contributed by atoms with Crippen molar-refractivity contribution < 1.29 is 0 Å². The molecule has 1 aliphatic rings. The van der Waals surface area contributed by atoms with Crippen molar-refractivity contribution in [3.63, 3.8) is 0 Å². The summed E-state index contributed by atoms with van der Waals surface area (Å²) >= 11 is 0. The first-order valence-electron chi connectivity index (χ1n) is 4.40. The minimum absolute atomic E-state index is 0. The maximum Gasteiger partial charge on any atom is 0.0167 e. The highest BCUT2D eigenvalue weighted by atomic mass is 35.5. The van der Waals surface area contributed by atoms with Gasteiger partial charge in [-0.1, -0.05) is 12.2 Å². The van der Waals surface area contributed by atoms with Crippen molar-refractivity contribution in [2.24, 2.45) is 0 Å². The first-order valence-corrected chi connectivity index (χ1v) is 4.40. The molecule has 2 nitrogen and oxygen atoms in total. The maximum atomic E-state index is 3.42. The van der Waals surface area contributed by atoms with Crippen LogP contribution in [0, 0.1) is 0 Å². The van der Waals surface area contributed by atoms with Gasteiger partial charge in [-0.25, -0.2) is 0 Å². The molecule has 0 aliphatic carbocycles. The molecule has 1 aliphatic heterocycles. The Kier molecular flexibility index (Phi) is 6.44. The molecular weight excluding hydrogens is 172 g/mol. The predicted molar refractivity (Wildman–Crippen MR) is 56.0 cm³/mol. The monoisotopic (exact) mass is 190 g/mol. The van der Waals surface area contributed by atoms with Crippen LogP contribution in [0.15, 0.2) is 12.2 Å². The summed E-state index contributed by atoms with van der Waals surface area (Å²) in [5.41, 5.74) is 0. The van der Waals surface area contributed by atoms with Crippen LogP contribution in [0.3, 0.4) is 0 Å². The number of piperazine rings is 1. The topological polar surface area (TPSA) is 15.3 Å². The van der Waals surface area contributed by atoms with Crippen LogP contribution in [-0.2, 0) is 0 Å². The molecule has 0 aromatic carbocycles. The highest BCUT2D eigenvalue weighted by molar-refractivity contribution is 5.85. The average Bonchev–Trinajstić information content (AvgIpc) is 2.01. The number of hydrogen-bond acceptors (Lipinski definition) is 2. The van der Waals surface area contributed by atoms with Gasteiger partial charge < -0.3 is 5.32 Å². The Morgan fingerprint density at radius 3 is 2.92 bits per heavy atom. The van der Waals surface area contributed by atoms with E-state index in [1.54, 1.807) is 0 Å². The van der Waals surface area contributed by atoms with Crippen LogP contribution < -0.4 is 5.32 Å². The fourth-order valence-electron chi connectivity index (χ4n) is 1.43. The number of nitrogens with zero attached hydrogens (tertiary/aromatic N) is 1. The van der Waals surface area contributed by atoms with Crippen molar-refractivity contribution >= 4 is 12.4 Å². The van der Waals surface area contributed by atoms with Gasteiger partial charge in [-0.3, -0.25) is 4.90 Å². The lowest BCUT2D eigenvalue weighted by Gasteiger charge is -2.30. The Balaban J connectivity index is 0.00000121. The van der Waals surface area contributed by atoms with E-state index >= 15 is 0 Å². The summed E-state index contributed by atoms with van der Waals surface area (Å²) in [6, 6.07) is 0.661. The smallest absolute Gasteiger partial charge is 0.0167 e. The summed E-state index contributed by atoms with van der Waals surface area (Å²) in [7, 11) is 0. The zero-order valence-electron chi connectivity index (χ0n) is 7.92. The first kappa shape index (κ1) is 11.9. The molecule has 0 saturated carbocycles. The molecule has 72 valence electrons. The van der Waals surface area contributed by atoms with E-state index in [4.69, 9.17) is 0 Å². The number of halogens is 1. The quantitative estimate of drug-likeness (QED) is 0.661. The molecule has 0 amide bonds. The third kappa shape index (κ3) is 4.10. The Hall–Kier alpha value is -0.0500. The predicted octanol–water partition coefficient (Wildman–Crippen LogP) is 1.28. The molecular formula is C9H19ClN2. The van der Waals surface area contributed by atoms with Gasteiger partial charge in [-0.05, 0) is 13.8 Å². The normalized spacial score (nSPS) is 25.7. The van der Waals surface area contributed by atoms with Crippen LogP contribution in [0.5, 0.6) is 0 Å². The molecule has 0 bridgehead atoms. The SMILES string of the molecule is CC=CCN1CCNC(C)C1.Cl. The molecule has 1 unspecified atom stereocenters. The Morgan fingerprint density at radius 1 is 1.58 bits per heavy atom. The third-order valence-electron chi connectivity index (χ3n) is 2.05. The van der Waals surface area contributed by atoms with Gasteiger partial charge in [0.15, 0.2) is 0 Å². The molecule has 1 fully saturated rings. The van der Waals surface area contributed by atoms with Crippen molar-refractivity contribution in [1.82, 2.24) is 10.2 Å². The van der Waals surface area contributed by atoms with Crippen molar-refractivity contribution in [3.05, 3.63) is 12.2 Å². The zero-order chi connectivity index (χ0) is 8.10. The fourth-order valence-corrected chi connectivity index (χ4v) is 1.43. The Bertz CT molecular complexity index is 136. The van der Waals surface area contributed by atoms with Crippen LogP contribution in [-0.4, -0.2) is 37.1 Å². The number of hydrogen-bond donors (Lipinski definition) is 1.